The standard InChI is InChI=1S/C9H17N3O4/c1-2-3-4-6(12-9(10)16)8(15)11-5-7(13)14/h6H,2-5H2,1H3,(H,11,15)(H,13,14)(H3,10,12,16). The van der Waals surface area contributed by atoms with Crippen LogP contribution < -0.4 is 16.4 Å². The van der Waals surface area contributed by atoms with Gasteiger partial charge in [-0.2, -0.15) is 0 Å². The summed E-state index contributed by atoms with van der Waals surface area (Å²) in [4.78, 5) is 32.3. The van der Waals surface area contributed by atoms with Crippen LogP contribution >= 0.6 is 0 Å². The third kappa shape index (κ3) is 6.63. The zero-order chi connectivity index (χ0) is 12.6. The number of nitrogens with two attached hydrogens (primary N) is 1. The lowest BCUT2D eigenvalue weighted by Crippen LogP contribution is -2.49. The van der Waals surface area contributed by atoms with E-state index in [9.17, 15) is 14.4 Å². The van der Waals surface area contributed by atoms with Crippen molar-refractivity contribution in [3.63, 3.8) is 0 Å². The summed E-state index contributed by atoms with van der Waals surface area (Å²) in [7, 11) is 0. The number of amides is 3. The second-order valence-corrected chi connectivity index (χ2v) is 3.31. The molecule has 0 saturated carbocycles. The van der Waals surface area contributed by atoms with Gasteiger partial charge in [0.15, 0.2) is 0 Å². The highest BCUT2D eigenvalue weighted by Gasteiger charge is 2.19. The molecule has 16 heavy (non-hydrogen) atoms. The lowest BCUT2D eigenvalue weighted by atomic mass is 10.1. The lowest BCUT2D eigenvalue weighted by molar-refractivity contribution is -0.138. The average Bonchev–Trinajstić information content (AvgIpc) is 2.20. The third-order valence-corrected chi connectivity index (χ3v) is 1.89. The number of aliphatic carboxylic acids is 1. The average molecular weight is 231 g/mol. The summed E-state index contributed by atoms with van der Waals surface area (Å²) in [5, 5.41) is 12.8. The van der Waals surface area contributed by atoms with Crippen LogP contribution in [0.25, 0.3) is 0 Å². The summed E-state index contributed by atoms with van der Waals surface area (Å²) in [6.07, 6.45) is 2.04. The van der Waals surface area contributed by atoms with E-state index in [-0.39, 0.29) is 0 Å². The molecule has 3 amide bonds. The van der Waals surface area contributed by atoms with Crippen LogP contribution in [0.15, 0.2) is 0 Å². The predicted octanol–water partition coefficient (Wildman–Crippen LogP) is -0.586. The quantitative estimate of drug-likeness (QED) is 0.468. The van der Waals surface area contributed by atoms with E-state index in [1.807, 2.05) is 6.92 Å². The largest absolute Gasteiger partial charge is 0.480 e. The van der Waals surface area contributed by atoms with Crippen molar-refractivity contribution in [2.75, 3.05) is 6.54 Å². The highest BCUT2D eigenvalue weighted by atomic mass is 16.4. The number of carboxylic acids is 1. The molecule has 0 saturated heterocycles. The number of rotatable bonds is 7. The molecule has 0 aromatic carbocycles. The Morgan fingerprint density at radius 3 is 2.44 bits per heavy atom. The molecule has 7 heteroatoms. The maximum Gasteiger partial charge on any atom is 0.322 e. The smallest absolute Gasteiger partial charge is 0.322 e. The van der Waals surface area contributed by atoms with E-state index in [2.05, 4.69) is 10.6 Å². The highest BCUT2D eigenvalue weighted by Crippen LogP contribution is 2.00. The molecular weight excluding hydrogens is 214 g/mol. The number of urea groups is 1. The van der Waals surface area contributed by atoms with E-state index in [0.29, 0.717) is 6.42 Å². The van der Waals surface area contributed by atoms with Gasteiger partial charge >= 0.3 is 12.0 Å². The van der Waals surface area contributed by atoms with Crippen molar-refractivity contribution in [2.24, 2.45) is 5.73 Å². The van der Waals surface area contributed by atoms with E-state index >= 15 is 0 Å². The van der Waals surface area contributed by atoms with Crippen molar-refractivity contribution in [3.8, 4) is 0 Å². The summed E-state index contributed by atoms with van der Waals surface area (Å²) in [5.41, 5.74) is 4.91. The van der Waals surface area contributed by atoms with Crippen LogP contribution in [0.4, 0.5) is 4.79 Å². The summed E-state index contributed by atoms with van der Waals surface area (Å²) >= 11 is 0. The maximum atomic E-state index is 11.4. The molecule has 1 unspecified atom stereocenters. The van der Waals surface area contributed by atoms with Gasteiger partial charge in [-0.25, -0.2) is 4.79 Å². The molecule has 0 aromatic rings. The summed E-state index contributed by atoms with van der Waals surface area (Å²) in [6, 6.07) is -1.57. The van der Waals surface area contributed by atoms with Crippen molar-refractivity contribution in [2.45, 2.75) is 32.2 Å². The number of unbranched alkanes of at least 4 members (excludes halogenated alkanes) is 1. The number of primary amides is 1. The normalized spacial score (nSPS) is 11.6. The highest BCUT2D eigenvalue weighted by molar-refractivity contribution is 5.88. The molecule has 1 atom stereocenters. The Hall–Kier alpha value is -1.79. The first-order valence-electron chi connectivity index (χ1n) is 5.02. The molecule has 0 aromatic heterocycles. The Bertz CT molecular complexity index is 267. The summed E-state index contributed by atoms with van der Waals surface area (Å²) in [5.74, 6) is -1.67. The lowest BCUT2D eigenvalue weighted by Gasteiger charge is -2.16. The van der Waals surface area contributed by atoms with Crippen LogP contribution in [0.2, 0.25) is 0 Å². The maximum absolute atomic E-state index is 11.4. The van der Waals surface area contributed by atoms with Gasteiger partial charge in [-0.15, -0.1) is 0 Å². The van der Waals surface area contributed by atoms with Crippen LogP contribution in [-0.2, 0) is 9.59 Å². The molecule has 0 fully saturated rings. The molecule has 0 bridgehead atoms. The number of hydrogen-bond donors (Lipinski definition) is 4. The first kappa shape index (κ1) is 14.2. The van der Waals surface area contributed by atoms with Crippen LogP contribution in [0, 0.1) is 0 Å². The van der Waals surface area contributed by atoms with E-state index in [0.717, 1.165) is 12.8 Å². The second-order valence-electron chi connectivity index (χ2n) is 3.31. The summed E-state index contributed by atoms with van der Waals surface area (Å²) < 4.78 is 0. The van der Waals surface area contributed by atoms with Crippen molar-refractivity contribution >= 4 is 17.9 Å². The number of carboxylic acid groups (broad SMARTS) is 1. The SMILES string of the molecule is CCCCC(NC(N)=O)C(=O)NCC(=O)O. The molecule has 0 heterocycles. The molecule has 0 spiro atoms. The predicted molar refractivity (Wildman–Crippen MR) is 56.7 cm³/mol. The minimum Gasteiger partial charge on any atom is -0.480 e. The van der Waals surface area contributed by atoms with Gasteiger partial charge in [-0.3, -0.25) is 9.59 Å². The van der Waals surface area contributed by atoms with Crippen molar-refractivity contribution in [1.82, 2.24) is 10.6 Å². The fourth-order valence-electron chi connectivity index (χ4n) is 1.13. The van der Waals surface area contributed by atoms with Gasteiger partial charge in [0.1, 0.15) is 12.6 Å². The van der Waals surface area contributed by atoms with Crippen LogP contribution in [-0.4, -0.2) is 35.6 Å². The van der Waals surface area contributed by atoms with Gasteiger partial charge in [-0.05, 0) is 6.42 Å². The molecule has 0 aliphatic rings. The Morgan fingerprint density at radius 2 is 2.00 bits per heavy atom. The minimum absolute atomic E-state index is 0.435. The molecule has 0 aliphatic heterocycles. The Balaban J connectivity index is 4.19. The number of hydrogen-bond acceptors (Lipinski definition) is 3. The molecule has 7 nitrogen and oxygen atoms in total. The Kier molecular flexibility index (Phi) is 6.66. The van der Waals surface area contributed by atoms with Gasteiger partial charge in [0.2, 0.25) is 5.91 Å². The number of nitrogens with one attached hydrogen (secondary N) is 2. The zero-order valence-corrected chi connectivity index (χ0v) is 9.16. The van der Waals surface area contributed by atoms with Gasteiger partial charge in [0.25, 0.3) is 0 Å². The van der Waals surface area contributed by atoms with Gasteiger partial charge in [0.05, 0.1) is 0 Å². The van der Waals surface area contributed by atoms with Crippen molar-refractivity contribution in [1.29, 1.82) is 0 Å². The van der Waals surface area contributed by atoms with Crippen LogP contribution in [0.1, 0.15) is 26.2 Å². The monoisotopic (exact) mass is 231 g/mol. The zero-order valence-electron chi connectivity index (χ0n) is 9.16. The van der Waals surface area contributed by atoms with Crippen LogP contribution in [0.3, 0.4) is 0 Å². The topological polar surface area (TPSA) is 122 Å². The number of carbonyl (C=O) groups is 3. The fourth-order valence-corrected chi connectivity index (χ4v) is 1.13. The van der Waals surface area contributed by atoms with Crippen LogP contribution in [0.5, 0.6) is 0 Å². The first-order valence-corrected chi connectivity index (χ1v) is 5.02. The molecule has 5 N–H and O–H groups in total. The minimum atomic E-state index is -1.14. The van der Waals surface area contributed by atoms with E-state index in [1.165, 1.54) is 0 Å². The Morgan fingerprint density at radius 1 is 1.38 bits per heavy atom. The van der Waals surface area contributed by atoms with E-state index in [1.54, 1.807) is 0 Å². The van der Waals surface area contributed by atoms with Crippen molar-refractivity contribution in [3.05, 3.63) is 0 Å². The summed E-state index contributed by atoms with van der Waals surface area (Å²) in [6.45, 7) is 1.47. The fraction of sp³-hybridized carbons (Fsp3) is 0.667. The number of carbonyl (C=O) groups excluding carboxylic acids is 2. The van der Waals surface area contributed by atoms with Gasteiger partial charge < -0.3 is 21.5 Å². The van der Waals surface area contributed by atoms with Gasteiger partial charge in [0, 0.05) is 0 Å². The van der Waals surface area contributed by atoms with E-state index < -0.39 is 30.5 Å². The third-order valence-electron chi connectivity index (χ3n) is 1.89. The van der Waals surface area contributed by atoms with Crippen molar-refractivity contribution < 1.29 is 19.5 Å². The second kappa shape index (κ2) is 7.49. The molecule has 92 valence electrons. The van der Waals surface area contributed by atoms with Gasteiger partial charge in [-0.1, -0.05) is 19.8 Å². The molecular formula is C9H17N3O4. The Labute approximate surface area is 93.4 Å². The molecule has 0 radical (unpaired) electrons. The van der Waals surface area contributed by atoms with E-state index in [4.69, 9.17) is 10.8 Å². The first-order chi connectivity index (χ1) is 7.47. The molecule has 0 rings (SSSR count). The molecule has 0 aliphatic carbocycles.